The summed E-state index contributed by atoms with van der Waals surface area (Å²) in [6, 6.07) is 13.2. The van der Waals surface area contributed by atoms with Gasteiger partial charge in [0.25, 0.3) is 5.91 Å². The van der Waals surface area contributed by atoms with Gasteiger partial charge in [-0.25, -0.2) is 4.39 Å². The zero-order chi connectivity index (χ0) is 25.7. The molecule has 3 atom stereocenters. The standard InChI is InChI=1S/C28H34FN3O4/c1-19-16-32(17-20(2)36-19)28(35)23-9-5-22(6-10-23)15-30-27(34)24-4-3-13-31(18-24)26(33)14-21-7-11-25(29)12-8-21/h5-12,19-20,24H,3-4,13-18H2,1-2H3,(H,30,34). The molecule has 0 spiro atoms. The first-order chi connectivity index (χ1) is 17.3. The molecule has 4 rings (SSSR count). The lowest BCUT2D eigenvalue weighted by molar-refractivity contribution is -0.135. The van der Waals surface area contributed by atoms with Crippen molar-refractivity contribution in [3.8, 4) is 0 Å². The van der Waals surface area contributed by atoms with Crippen molar-refractivity contribution in [2.24, 2.45) is 5.92 Å². The van der Waals surface area contributed by atoms with Crippen LogP contribution in [0.15, 0.2) is 48.5 Å². The Morgan fingerprint density at radius 3 is 2.22 bits per heavy atom. The topological polar surface area (TPSA) is 79.0 Å². The highest BCUT2D eigenvalue weighted by Crippen LogP contribution is 2.19. The third-order valence-electron chi connectivity index (χ3n) is 6.79. The minimum Gasteiger partial charge on any atom is -0.372 e. The van der Waals surface area contributed by atoms with Gasteiger partial charge in [-0.15, -0.1) is 0 Å². The van der Waals surface area contributed by atoms with Crippen molar-refractivity contribution >= 4 is 17.7 Å². The maximum absolute atomic E-state index is 13.1. The van der Waals surface area contributed by atoms with Crippen LogP contribution in [0, 0.1) is 11.7 Å². The van der Waals surface area contributed by atoms with Crippen LogP contribution in [0.4, 0.5) is 4.39 Å². The van der Waals surface area contributed by atoms with Gasteiger partial charge in [-0.3, -0.25) is 14.4 Å². The van der Waals surface area contributed by atoms with Gasteiger partial charge < -0.3 is 19.9 Å². The number of rotatable bonds is 6. The molecule has 0 radical (unpaired) electrons. The summed E-state index contributed by atoms with van der Waals surface area (Å²) >= 11 is 0. The van der Waals surface area contributed by atoms with Crippen LogP contribution in [0.3, 0.4) is 0 Å². The fourth-order valence-corrected chi connectivity index (χ4v) is 4.93. The average molecular weight is 496 g/mol. The van der Waals surface area contributed by atoms with E-state index in [-0.39, 0.29) is 48.1 Å². The maximum Gasteiger partial charge on any atom is 0.254 e. The number of nitrogens with one attached hydrogen (secondary N) is 1. The summed E-state index contributed by atoms with van der Waals surface area (Å²) in [6.07, 6.45) is 1.73. The number of likely N-dealkylation sites (tertiary alicyclic amines) is 1. The van der Waals surface area contributed by atoms with Gasteiger partial charge in [-0.1, -0.05) is 24.3 Å². The fourth-order valence-electron chi connectivity index (χ4n) is 4.93. The van der Waals surface area contributed by atoms with Crippen LogP contribution in [0.1, 0.15) is 48.2 Å². The molecule has 1 N–H and O–H groups in total. The first kappa shape index (κ1) is 25.8. The molecule has 0 aromatic heterocycles. The van der Waals surface area contributed by atoms with E-state index in [4.69, 9.17) is 4.74 Å². The number of benzene rings is 2. The quantitative estimate of drug-likeness (QED) is 0.668. The zero-order valence-electron chi connectivity index (χ0n) is 20.9. The third-order valence-corrected chi connectivity index (χ3v) is 6.79. The van der Waals surface area contributed by atoms with Crippen LogP contribution < -0.4 is 5.32 Å². The summed E-state index contributed by atoms with van der Waals surface area (Å²) in [5, 5.41) is 2.98. The molecular weight excluding hydrogens is 461 g/mol. The van der Waals surface area contributed by atoms with Crippen molar-refractivity contribution in [1.29, 1.82) is 0 Å². The molecule has 3 amide bonds. The maximum atomic E-state index is 13.1. The van der Waals surface area contributed by atoms with Crippen LogP contribution in [0.2, 0.25) is 0 Å². The Hall–Kier alpha value is -3.26. The average Bonchev–Trinajstić information content (AvgIpc) is 2.88. The van der Waals surface area contributed by atoms with Gasteiger partial charge >= 0.3 is 0 Å². The number of hydrogen-bond acceptors (Lipinski definition) is 4. The van der Waals surface area contributed by atoms with E-state index < -0.39 is 0 Å². The second-order valence-electron chi connectivity index (χ2n) is 9.86. The molecule has 2 aromatic rings. The molecule has 2 aromatic carbocycles. The van der Waals surface area contributed by atoms with E-state index in [1.54, 1.807) is 29.2 Å². The van der Waals surface area contributed by atoms with E-state index in [1.165, 1.54) is 12.1 Å². The molecule has 192 valence electrons. The number of halogens is 1. The van der Waals surface area contributed by atoms with E-state index in [2.05, 4.69) is 5.32 Å². The summed E-state index contributed by atoms with van der Waals surface area (Å²) in [5.41, 5.74) is 2.28. The van der Waals surface area contributed by atoms with E-state index >= 15 is 0 Å². The van der Waals surface area contributed by atoms with Crippen molar-refractivity contribution in [1.82, 2.24) is 15.1 Å². The van der Waals surface area contributed by atoms with Gasteiger partial charge in [0.2, 0.25) is 11.8 Å². The molecule has 2 aliphatic heterocycles. The largest absolute Gasteiger partial charge is 0.372 e. The third kappa shape index (κ3) is 6.69. The van der Waals surface area contributed by atoms with E-state index in [0.717, 1.165) is 24.0 Å². The number of morpholine rings is 1. The van der Waals surface area contributed by atoms with Crippen LogP contribution in [-0.4, -0.2) is 65.9 Å². The summed E-state index contributed by atoms with van der Waals surface area (Å²) in [4.78, 5) is 41.9. The summed E-state index contributed by atoms with van der Waals surface area (Å²) in [6.45, 7) is 6.45. The van der Waals surface area contributed by atoms with Gasteiger partial charge in [-0.05, 0) is 62.1 Å². The van der Waals surface area contributed by atoms with Crippen LogP contribution >= 0.6 is 0 Å². The Morgan fingerprint density at radius 1 is 0.917 bits per heavy atom. The molecule has 7 nitrogen and oxygen atoms in total. The van der Waals surface area contributed by atoms with Crippen molar-refractivity contribution < 1.29 is 23.5 Å². The number of hydrogen-bond donors (Lipinski definition) is 1. The highest BCUT2D eigenvalue weighted by atomic mass is 19.1. The Balaban J connectivity index is 1.26. The van der Waals surface area contributed by atoms with Crippen molar-refractivity contribution in [2.75, 3.05) is 26.2 Å². The Bertz CT molecular complexity index is 1060. The highest BCUT2D eigenvalue weighted by molar-refractivity contribution is 5.94. The molecule has 2 heterocycles. The van der Waals surface area contributed by atoms with Crippen LogP contribution in [-0.2, 0) is 27.3 Å². The number of piperidine rings is 1. The summed E-state index contributed by atoms with van der Waals surface area (Å²) in [7, 11) is 0. The molecule has 2 saturated heterocycles. The molecule has 0 aliphatic carbocycles. The van der Waals surface area contributed by atoms with Crippen molar-refractivity contribution in [2.45, 2.75) is 51.9 Å². The Morgan fingerprint density at radius 2 is 1.56 bits per heavy atom. The van der Waals surface area contributed by atoms with E-state index in [0.29, 0.717) is 38.3 Å². The summed E-state index contributed by atoms with van der Waals surface area (Å²) < 4.78 is 18.8. The number of carbonyl (C=O) groups is 3. The van der Waals surface area contributed by atoms with Gasteiger partial charge in [0, 0.05) is 38.3 Å². The van der Waals surface area contributed by atoms with Crippen LogP contribution in [0.5, 0.6) is 0 Å². The lowest BCUT2D eigenvalue weighted by Crippen LogP contribution is -2.48. The second kappa shape index (κ2) is 11.6. The van der Waals surface area contributed by atoms with Gasteiger partial charge in [0.1, 0.15) is 5.82 Å². The highest BCUT2D eigenvalue weighted by Gasteiger charge is 2.29. The molecule has 8 heteroatoms. The molecular formula is C28H34FN3O4. The fraction of sp³-hybridized carbons (Fsp3) is 0.464. The van der Waals surface area contributed by atoms with Gasteiger partial charge in [0.05, 0.1) is 24.5 Å². The minimum absolute atomic E-state index is 0.0137. The zero-order valence-corrected chi connectivity index (χ0v) is 20.9. The van der Waals surface area contributed by atoms with Gasteiger partial charge in [0.15, 0.2) is 0 Å². The molecule has 0 bridgehead atoms. The normalized spacial score (nSPS) is 22.2. The second-order valence-corrected chi connectivity index (χ2v) is 9.86. The Kier molecular flexibility index (Phi) is 8.36. The van der Waals surface area contributed by atoms with E-state index in [1.807, 2.05) is 30.9 Å². The molecule has 36 heavy (non-hydrogen) atoms. The van der Waals surface area contributed by atoms with E-state index in [9.17, 15) is 18.8 Å². The van der Waals surface area contributed by atoms with Crippen LogP contribution in [0.25, 0.3) is 0 Å². The lowest BCUT2D eigenvalue weighted by atomic mass is 9.96. The molecule has 2 aliphatic rings. The molecule has 3 unspecified atom stereocenters. The number of carbonyl (C=O) groups excluding carboxylic acids is 3. The number of nitrogens with zero attached hydrogens (tertiary/aromatic N) is 2. The summed E-state index contributed by atoms with van der Waals surface area (Å²) in [5.74, 6) is -0.736. The van der Waals surface area contributed by atoms with Crippen molar-refractivity contribution in [3.05, 3.63) is 71.0 Å². The molecule has 0 saturated carbocycles. The first-order valence-electron chi connectivity index (χ1n) is 12.6. The Labute approximate surface area is 211 Å². The smallest absolute Gasteiger partial charge is 0.254 e. The minimum atomic E-state index is -0.330. The predicted octanol–water partition coefficient (Wildman–Crippen LogP) is 3.17. The first-order valence-corrected chi connectivity index (χ1v) is 12.6. The van der Waals surface area contributed by atoms with Gasteiger partial charge in [-0.2, -0.15) is 0 Å². The number of amides is 3. The predicted molar refractivity (Wildman–Crippen MR) is 134 cm³/mol. The lowest BCUT2D eigenvalue weighted by Gasteiger charge is -2.35. The SMILES string of the molecule is CC1CN(C(=O)c2ccc(CNC(=O)C3CCCN(C(=O)Cc4ccc(F)cc4)C3)cc2)CC(C)O1. The number of ether oxygens (including phenoxy) is 1. The molecule has 2 fully saturated rings. The van der Waals surface area contributed by atoms with Crippen molar-refractivity contribution in [3.63, 3.8) is 0 Å². The monoisotopic (exact) mass is 495 g/mol.